The van der Waals surface area contributed by atoms with Gasteiger partial charge in [-0.3, -0.25) is 0 Å². The molecule has 0 spiro atoms. The van der Waals surface area contributed by atoms with Crippen LogP contribution in [0.1, 0.15) is 29.9 Å². The standard InChI is InChI=1S/C16H18ClNO2/c1-11-8-12(17)2-7-16(11)19-10-15-6-5-14(20-15)9-18-13-3-4-13/h2,5-8,13,18H,3-4,9-10H2,1H3. The summed E-state index contributed by atoms with van der Waals surface area (Å²) >= 11 is 5.92. The SMILES string of the molecule is Cc1cc(Cl)ccc1OCc1ccc(CNC2CC2)o1. The smallest absolute Gasteiger partial charge is 0.146 e. The topological polar surface area (TPSA) is 34.4 Å². The fourth-order valence-electron chi connectivity index (χ4n) is 2.05. The zero-order chi connectivity index (χ0) is 13.9. The first-order valence-electron chi connectivity index (χ1n) is 6.90. The van der Waals surface area contributed by atoms with Crippen LogP contribution in [0.25, 0.3) is 0 Å². The number of hydrogen-bond donors (Lipinski definition) is 1. The fourth-order valence-corrected chi connectivity index (χ4v) is 2.28. The predicted octanol–water partition coefficient (Wildman–Crippen LogP) is 4.07. The van der Waals surface area contributed by atoms with Crippen molar-refractivity contribution in [2.24, 2.45) is 0 Å². The highest BCUT2D eigenvalue weighted by molar-refractivity contribution is 6.30. The van der Waals surface area contributed by atoms with Crippen LogP contribution in [0.3, 0.4) is 0 Å². The van der Waals surface area contributed by atoms with Crippen molar-refractivity contribution in [3.8, 4) is 5.75 Å². The lowest BCUT2D eigenvalue weighted by atomic mass is 10.2. The largest absolute Gasteiger partial charge is 0.485 e. The van der Waals surface area contributed by atoms with Gasteiger partial charge in [0.1, 0.15) is 23.9 Å². The predicted molar refractivity (Wildman–Crippen MR) is 79.1 cm³/mol. The monoisotopic (exact) mass is 291 g/mol. The molecule has 0 atom stereocenters. The van der Waals surface area contributed by atoms with Crippen molar-refractivity contribution < 1.29 is 9.15 Å². The Bertz CT molecular complexity index is 590. The Morgan fingerprint density at radius 2 is 2.05 bits per heavy atom. The lowest BCUT2D eigenvalue weighted by Crippen LogP contribution is -2.14. The van der Waals surface area contributed by atoms with Crippen LogP contribution in [0, 0.1) is 6.92 Å². The van der Waals surface area contributed by atoms with Crippen LogP contribution in [0.4, 0.5) is 0 Å². The lowest BCUT2D eigenvalue weighted by molar-refractivity contribution is 0.263. The minimum atomic E-state index is 0.436. The Hall–Kier alpha value is -1.45. The number of furan rings is 1. The quantitative estimate of drug-likeness (QED) is 0.871. The van der Waals surface area contributed by atoms with Crippen molar-refractivity contribution >= 4 is 11.6 Å². The molecule has 4 heteroatoms. The van der Waals surface area contributed by atoms with Gasteiger partial charge in [0, 0.05) is 11.1 Å². The summed E-state index contributed by atoms with van der Waals surface area (Å²) in [4.78, 5) is 0. The van der Waals surface area contributed by atoms with E-state index in [4.69, 9.17) is 20.8 Å². The van der Waals surface area contributed by atoms with Gasteiger partial charge in [-0.15, -0.1) is 0 Å². The molecule has 1 aliphatic rings. The molecule has 1 saturated carbocycles. The minimum absolute atomic E-state index is 0.436. The van der Waals surface area contributed by atoms with Gasteiger partial charge >= 0.3 is 0 Å². The molecule has 106 valence electrons. The van der Waals surface area contributed by atoms with E-state index in [2.05, 4.69) is 5.32 Å². The van der Waals surface area contributed by atoms with Gasteiger partial charge in [-0.1, -0.05) is 11.6 Å². The second kappa shape index (κ2) is 5.90. The zero-order valence-corrected chi connectivity index (χ0v) is 12.2. The summed E-state index contributed by atoms with van der Waals surface area (Å²) in [6.07, 6.45) is 2.57. The molecule has 0 bridgehead atoms. The van der Waals surface area contributed by atoms with Crippen LogP contribution in [0.5, 0.6) is 5.75 Å². The average Bonchev–Trinajstić information content (AvgIpc) is 3.14. The fraction of sp³-hybridized carbons (Fsp3) is 0.375. The molecule has 3 rings (SSSR count). The molecule has 1 N–H and O–H groups in total. The maximum absolute atomic E-state index is 5.92. The maximum atomic E-state index is 5.92. The Balaban J connectivity index is 1.54. The summed E-state index contributed by atoms with van der Waals surface area (Å²) in [5.41, 5.74) is 1.03. The van der Waals surface area contributed by atoms with Gasteiger partial charge in [-0.2, -0.15) is 0 Å². The number of hydrogen-bond acceptors (Lipinski definition) is 3. The van der Waals surface area contributed by atoms with E-state index in [9.17, 15) is 0 Å². The molecule has 0 saturated heterocycles. The van der Waals surface area contributed by atoms with Gasteiger partial charge in [0.15, 0.2) is 0 Å². The highest BCUT2D eigenvalue weighted by atomic mass is 35.5. The molecule has 20 heavy (non-hydrogen) atoms. The summed E-state index contributed by atoms with van der Waals surface area (Å²) in [6.45, 7) is 3.21. The first-order valence-corrected chi connectivity index (χ1v) is 7.28. The van der Waals surface area contributed by atoms with Crippen LogP contribution in [-0.2, 0) is 13.2 Å². The van der Waals surface area contributed by atoms with Crippen LogP contribution >= 0.6 is 11.6 Å². The molecule has 0 aliphatic heterocycles. The summed E-state index contributed by atoms with van der Waals surface area (Å²) in [5, 5.41) is 4.15. The highest BCUT2D eigenvalue weighted by Crippen LogP contribution is 2.23. The molecule has 1 fully saturated rings. The second-order valence-electron chi connectivity index (χ2n) is 5.22. The van der Waals surface area contributed by atoms with Crippen molar-refractivity contribution in [1.29, 1.82) is 0 Å². The summed E-state index contributed by atoms with van der Waals surface area (Å²) in [5.74, 6) is 2.64. The first kappa shape index (κ1) is 13.5. The number of benzene rings is 1. The number of nitrogens with one attached hydrogen (secondary N) is 1. The van der Waals surface area contributed by atoms with Crippen molar-refractivity contribution in [1.82, 2.24) is 5.32 Å². The van der Waals surface area contributed by atoms with E-state index in [-0.39, 0.29) is 0 Å². The van der Waals surface area contributed by atoms with Crippen LogP contribution in [0.15, 0.2) is 34.7 Å². The van der Waals surface area contributed by atoms with E-state index in [1.54, 1.807) is 0 Å². The molecule has 0 amide bonds. The highest BCUT2D eigenvalue weighted by Gasteiger charge is 2.20. The lowest BCUT2D eigenvalue weighted by Gasteiger charge is -2.07. The first-order chi connectivity index (χ1) is 9.70. The third-order valence-electron chi connectivity index (χ3n) is 3.37. The molecule has 3 nitrogen and oxygen atoms in total. The summed E-state index contributed by atoms with van der Waals surface area (Å²) in [7, 11) is 0. The van der Waals surface area contributed by atoms with E-state index < -0.39 is 0 Å². The van der Waals surface area contributed by atoms with Gasteiger partial charge in [-0.05, 0) is 55.7 Å². The molecule has 1 heterocycles. The van der Waals surface area contributed by atoms with E-state index in [0.29, 0.717) is 12.6 Å². The summed E-state index contributed by atoms with van der Waals surface area (Å²) < 4.78 is 11.5. The molecule has 1 aromatic heterocycles. The Morgan fingerprint density at radius 1 is 1.25 bits per heavy atom. The molecule has 0 radical (unpaired) electrons. The number of rotatable bonds is 6. The van der Waals surface area contributed by atoms with Crippen molar-refractivity contribution in [2.45, 2.75) is 39.0 Å². The number of halogens is 1. The summed E-state index contributed by atoms with van der Waals surface area (Å²) in [6, 6.07) is 10.3. The van der Waals surface area contributed by atoms with Crippen LogP contribution in [0.2, 0.25) is 5.02 Å². The Morgan fingerprint density at radius 3 is 2.80 bits per heavy atom. The Labute approximate surface area is 123 Å². The van der Waals surface area contributed by atoms with E-state index in [1.807, 2.05) is 37.3 Å². The van der Waals surface area contributed by atoms with Crippen LogP contribution < -0.4 is 10.1 Å². The Kier molecular flexibility index (Phi) is 3.99. The van der Waals surface area contributed by atoms with Gasteiger partial charge in [0.2, 0.25) is 0 Å². The van der Waals surface area contributed by atoms with Crippen molar-refractivity contribution in [2.75, 3.05) is 0 Å². The second-order valence-corrected chi connectivity index (χ2v) is 5.66. The van der Waals surface area contributed by atoms with Gasteiger partial charge in [0.25, 0.3) is 0 Å². The van der Waals surface area contributed by atoms with E-state index >= 15 is 0 Å². The molecule has 2 aromatic rings. The third kappa shape index (κ3) is 3.56. The van der Waals surface area contributed by atoms with Crippen molar-refractivity contribution in [3.63, 3.8) is 0 Å². The van der Waals surface area contributed by atoms with E-state index in [0.717, 1.165) is 34.4 Å². The molecular weight excluding hydrogens is 274 g/mol. The molecule has 0 unspecified atom stereocenters. The van der Waals surface area contributed by atoms with Gasteiger partial charge in [-0.25, -0.2) is 0 Å². The van der Waals surface area contributed by atoms with Gasteiger partial charge in [0.05, 0.1) is 6.54 Å². The normalized spacial score (nSPS) is 14.5. The average molecular weight is 292 g/mol. The maximum Gasteiger partial charge on any atom is 0.146 e. The van der Waals surface area contributed by atoms with Gasteiger partial charge < -0.3 is 14.5 Å². The third-order valence-corrected chi connectivity index (χ3v) is 3.60. The zero-order valence-electron chi connectivity index (χ0n) is 11.5. The molecule has 1 aliphatic carbocycles. The minimum Gasteiger partial charge on any atom is -0.485 e. The van der Waals surface area contributed by atoms with E-state index in [1.165, 1.54) is 12.8 Å². The van der Waals surface area contributed by atoms with Crippen LogP contribution in [-0.4, -0.2) is 6.04 Å². The number of ether oxygens (including phenoxy) is 1. The van der Waals surface area contributed by atoms with Crippen molar-refractivity contribution in [3.05, 3.63) is 52.4 Å². The molecular formula is C16H18ClNO2. The molecule has 1 aromatic carbocycles. The number of aryl methyl sites for hydroxylation is 1.